The van der Waals surface area contributed by atoms with Gasteiger partial charge < -0.3 is 5.32 Å². The number of nitrogens with one attached hydrogen (secondary N) is 1. The van der Waals surface area contributed by atoms with Crippen molar-refractivity contribution in [3.05, 3.63) is 79.0 Å². The summed E-state index contributed by atoms with van der Waals surface area (Å²) in [5.74, 6) is 0.520. The van der Waals surface area contributed by atoms with E-state index in [9.17, 15) is 16.8 Å². The molecule has 9 nitrogen and oxygen atoms in total. The average molecular weight is 510 g/mol. The maximum absolute atomic E-state index is 13.0. The van der Waals surface area contributed by atoms with Gasteiger partial charge in [-0.2, -0.15) is 4.31 Å². The largest absolute Gasteiger partial charge is 0.340 e. The molecule has 0 saturated carbocycles. The van der Waals surface area contributed by atoms with Crippen molar-refractivity contribution in [3.63, 3.8) is 0 Å². The maximum Gasteiger partial charge on any atom is 0.244 e. The van der Waals surface area contributed by atoms with Gasteiger partial charge in [0.05, 0.1) is 10.6 Å². The van der Waals surface area contributed by atoms with Gasteiger partial charge in [-0.25, -0.2) is 21.8 Å². The summed E-state index contributed by atoms with van der Waals surface area (Å²) in [5.41, 5.74) is 1.52. The third-order valence-corrected chi connectivity index (χ3v) is 9.02. The third-order valence-electron chi connectivity index (χ3n) is 6.04. The lowest BCUT2D eigenvalue weighted by atomic mass is 9.99. The first-order valence-electron chi connectivity index (χ1n) is 10.9. The number of pyridine rings is 3. The lowest BCUT2D eigenvalue weighted by Crippen LogP contribution is -2.28. The smallest absolute Gasteiger partial charge is 0.244 e. The topological polar surface area (TPSA) is 122 Å². The molecular formula is C24H23N5O4S2. The molecular weight excluding hydrogens is 486 g/mol. The number of fused-ring (bicyclic) bond motifs is 1. The fraction of sp³-hybridized carbons (Fsp3) is 0.208. The summed E-state index contributed by atoms with van der Waals surface area (Å²) >= 11 is 0. The summed E-state index contributed by atoms with van der Waals surface area (Å²) in [6.45, 7) is 0.740. The van der Waals surface area contributed by atoms with Gasteiger partial charge in [-0.15, -0.1) is 0 Å². The van der Waals surface area contributed by atoms with Crippen molar-refractivity contribution in [2.24, 2.45) is 0 Å². The van der Waals surface area contributed by atoms with Gasteiger partial charge in [-0.05, 0) is 55.0 Å². The molecule has 11 heteroatoms. The van der Waals surface area contributed by atoms with E-state index in [4.69, 9.17) is 0 Å². The number of aromatic nitrogens is 3. The van der Waals surface area contributed by atoms with E-state index in [1.165, 1.54) is 16.8 Å². The lowest BCUT2D eigenvalue weighted by Gasteiger charge is -2.17. The Kier molecular flexibility index (Phi) is 5.99. The van der Waals surface area contributed by atoms with E-state index in [0.29, 0.717) is 31.0 Å². The normalized spacial score (nSPS) is 17.0. The molecule has 1 N–H and O–H groups in total. The van der Waals surface area contributed by atoms with Gasteiger partial charge >= 0.3 is 0 Å². The second kappa shape index (κ2) is 8.99. The summed E-state index contributed by atoms with van der Waals surface area (Å²) in [4.78, 5) is 13.4. The van der Waals surface area contributed by atoms with Crippen molar-refractivity contribution in [2.75, 3.05) is 24.7 Å². The maximum atomic E-state index is 13.0. The Balaban J connectivity index is 1.41. The van der Waals surface area contributed by atoms with Crippen LogP contribution in [0.5, 0.6) is 0 Å². The minimum atomic E-state index is -3.62. The second-order valence-corrected chi connectivity index (χ2v) is 12.4. The highest BCUT2D eigenvalue weighted by Gasteiger charge is 2.34. The number of rotatable bonds is 6. The molecule has 4 aromatic rings. The number of benzene rings is 1. The van der Waals surface area contributed by atoms with Crippen LogP contribution in [0.3, 0.4) is 0 Å². The molecule has 180 valence electrons. The summed E-state index contributed by atoms with van der Waals surface area (Å²) in [5, 5.41) is 5.00. The highest BCUT2D eigenvalue weighted by molar-refractivity contribution is 7.90. The van der Waals surface area contributed by atoms with Crippen LogP contribution in [0.4, 0.5) is 11.5 Å². The number of nitrogens with zero attached hydrogens (tertiary/aromatic N) is 4. The van der Waals surface area contributed by atoms with Crippen LogP contribution in [0.2, 0.25) is 0 Å². The zero-order chi connectivity index (χ0) is 24.6. The first kappa shape index (κ1) is 23.3. The Morgan fingerprint density at radius 1 is 0.943 bits per heavy atom. The summed E-state index contributed by atoms with van der Waals surface area (Å²) in [6.07, 6.45) is 8.20. The molecule has 3 aromatic heterocycles. The molecule has 1 saturated heterocycles. The molecule has 1 aliphatic rings. The van der Waals surface area contributed by atoms with Crippen LogP contribution in [-0.2, 0) is 19.9 Å². The standard InChI is InChI=1S/C24H23N5O4S2/c1-34(30,31)20-6-4-19(5-7-20)28-23-13-22-17(14-27-23)8-11-26-24(22)18-9-12-29(16-18)35(32,33)21-3-2-10-25-15-21/h2-8,10-11,13-15,18H,9,12,16H2,1H3,(H,27,28). The van der Waals surface area contributed by atoms with Gasteiger partial charge in [0.25, 0.3) is 0 Å². The SMILES string of the molecule is CS(=O)(=O)c1ccc(Nc2cc3c(C4CCN(S(=O)(=O)c5cccnc5)C4)nccc3cn2)cc1. The first-order valence-corrected chi connectivity index (χ1v) is 14.3. The quantitative estimate of drug-likeness (QED) is 0.420. The predicted octanol–water partition coefficient (Wildman–Crippen LogP) is 3.35. The van der Waals surface area contributed by atoms with Gasteiger partial charge in [0, 0.05) is 66.5 Å². The Morgan fingerprint density at radius 2 is 1.74 bits per heavy atom. The number of hydrogen-bond acceptors (Lipinski definition) is 8. The average Bonchev–Trinajstić information content (AvgIpc) is 3.35. The second-order valence-electron chi connectivity index (χ2n) is 8.45. The first-order chi connectivity index (χ1) is 16.7. The van der Waals surface area contributed by atoms with E-state index in [2.05, 4.69) is 20.3 Å². The van der Waals surface area contributed by atoms with Gasteiger partial charge in [-0.1, -0.05) is 0 Å². The molecule has 0 spiro atoms. The van der Waals surface area contributed by atoms with Crippen molar-refractivity contribution >= 4 is 42.1 Å². The van der Waals surface area contributed by atoms with E-state index < -0.39 is 19.9 Å². The molecule has 1 aromatic carbocycles. The van der Waals surface area contributed by atoms with Crippen LogP contribution < -0.4 is 5.32 Å². The van der Waals surface area contributed by atoms with Crippen molar-refractivity contribution in [1.29, 1.82) is 0 Å². The zero-order valence-corrected chi connectivity index (χ0v) is 20.5. The molecule has 1 atom stereocenters. The molecule has 0 amide bonds. The van der Waals surface area contributed by atoms with Gasteiger partial charge in [-0.3, -0.25) is 9.97 Å². The van der Waals surface area contributed by atoms with Crippen LogP contribution in [0, 0.1) is 0 Å². The van der Waals surface area contributed by atoms with Crippen LogP contribution >= 0.6 is 0 Å². The molecule has 1 aliphatic heterocycles. The van der Waals surface area contributed by atoms with E-state index >= 15 is 0 Å². The monoisotopic (exact) mass is 509 g/mol. The fourth-order valence-electron chi connectivity index (χ4n) is 4.23. The minimum absolute atomic E-state index is 0.0607. The molecule has 0 bridgehead atoms. The van der Waals surface area contributed by atoms with Crippen LogP contribution in [-0.4, -0.2) is 55.4 Å². The summed E-state index contributed by atoms with van der Waals surface area (Å²) in [6, 6.07) is 13.4. The molecule has 0 aliphatic carbocycles. The van der Waals surface area contributed by atoms with E-state index in [1.807, 2.05) is 12.1 Å². The van der Waals surface area contributed by atoms with E-state index in [1.54, 1.807) is 55.0 Å². The predicted molar refractivity (Wildman–Crippen MR) is 133 cm³/mol. The summed E-state index contributed by atoms with van der Waals surface area (Å²) < 4.78 is 50.9. The molecule has 5 rings (SSSR count). The van der Waals surface area contributed by atoms with Gasteiger partial charge in [0.15, 0.2) is 9.84 Å². The van der Waals surface area contributed by atoms with Crippen molar-refractivity contribution in [3.8, 4) is 0 Å². The van der Waals surface area contributed by atoms with Crippen LogP contribution in [0.1, 0.15) is 18.0 Å². The Bertz CT molecular complexity index is 1590. The third kappa shape index (κ3) is 4.75. The highest BCUT2D eigenvalue weighted by Crippen LogP contribution is 2.34. The highest BCUT2D eigenvalue weighted by atomic mass is 32.2. The van der Waals surface area contributed by atoms with Crippen molar-refractivity contribution < 1.29 is 16.8 Å². The molecule has 4 heterocycles. The Labute approximate surface area is 203 Å². The molecule has 1 unspecified atom stereocenters. The van der Waals surface area contributed by atoms with Gasteiger partial charge in [0.1, 0.15) is 10.7 Å². The Hall–Kier alpha value is -3.41. The number of anilines is 2. The number of sulfonamides is 1. The number of sulfone groups is 1. The minimum Gasteiger partial charge on any atom is -0.340 e. The zero-order valence-electron chi connectivity index (χ0n) is 18.9. The van der Waals surface area contributed by atoms with Crippen LogP contribution in [0.25, 0.3) is 10.8 Å². The summed E-state index contributed by atoms with van der Waals surface area (Å²) in [7, 11) is -6.89. The molecule has 1 fully saturated rings. The van der Waals surface area contributed by atoms with E-state index in [0.717, 1.165) is 16.5 Å². The molecule has 35 heavy (non-hydrogen) atoms. The van der Waals surface area contributed by atoms with Crippen molar-refractivity contribution in [2.45, 2.75) is 22.1 Å². The lowest BCUT2D eigenvalue weighted by molar-refractivity contribution is 0.472. The number of hydrogen-bond donors (Lipinski definition) is 1. The Morgan fingerprint density at radius 3 is 2.46 bits per heavy atom. The van der Waals surface area contributed by atoms with Crippen LogP contribution in [0.15, 0.2) is 83.1 Å². The van der Waals surface area contributed by atoms with E-state index in [-0.39, 0.29) is 15.7 Å². The van der Waals surface area contributed by atoms with Gasteiger partial charge in [0.2, 0.25) is 10.0 Å². The van der Waals surface area contributed by atoms with Crippen molar-refractivity contribution in [1.82, 2.24) is 19.3 Å². The molecule has 0 radical (unpaired) electrons. The fourth-order valence-corrected chi connectivity index (χ4v) is 6.33.